The minimum atomic E-state index is -0.635. The van der Waals surface area contributed by atoms with E-state index < -0.39 is 5.54 Å². The Balaban J connectivity index is 2.49. The zero-order valence-electron chi connectivity index (χ0n) is 11.4. The van der Waals surface area contributed by atoms with Crippen LogP contribution in [-0.4, -0.2) is 28.5 Å². The molecule has 98 valence electrons. The highest BCUT2D eigenvalue weighted by Gasteiger charge is 2.47. The maximum atomic E-state index is 12.5. The van der Waals surface area contributed by atoms with Crippen LogP contribution < -0.4 is 4.90 Å². The molecule has 5 heteroatoms. The van der Waals surface area contributed by atoms with Crippen molar-refractivity contribution in [2.45, 2.75) is 26.3 Å². The molecule has 1 aromatic carbocycles. The Labute approximate surface area is 118 Å². The number of benzene rings is 1. The summed E-state index contributed by atoms with van der Waals surface area (Å²) in [7, 11) is 1.82. The van der Waals surface area contributed by atoms with Gasteiger partial charge in [0, 0.05) is 12.7 Å². The van der Waals surface area contributed by atoms with Crippen LogP contribution in [0.3, 0.4) is 0 Å². The first-order valence-electron chi connectivity index (χ1n) is 5.91. The summed E-state index contributed by atoms with van der Waals surface area (Å²) in [6.45, 7) is 12.6. The summed E-state index contributed by atoms with van der Waals surface area (Å²) < 4.78 is 0. The van der Waals surface area contributed by atoms with Gasteiger partial charge < -0.3 is 4.90 Å². The zero-order valence-corrected chi connectivity index (χ0v) is 12.2. The van der Waals surface area contributed by atoms with Crippen molar-refractivity contribution in [3.8, 4) is 0 Å². The van der Waals surface area contributed by atoms with Crippen LogP contribution in [0.4, 0.5) is 11.4 Å². The van der Waals surface area contributed by atoms with Crippen LogP contribution >= 0.6 is 12.2 Å². The van der Waals surface area contributed by atoms with Crippen molar-refractivity contribution < 1.29 is 4.79 Å². The number of carbonyl (C=O) groups is 1. The van der Waals surface area contributed by atoms with Gasteiger partial charge in [-0.15, -0.1) is 0 Å². The molecule has 0 aromatic heterocycles. The summed E-state index contributed by atoms with van der Waals surface area (Å²) in [6.07, 6.45) is 0. The molecule has 1 aromatic rings. The summed E-state index contributed by atoms with van der Waals surface area (Å²) in [6, 6.07) is 5.31. The maximum absolute atomic E-state index is 12.5. The highest BCUT2D eigenvalue weighted by atomic mass is 32.1. The number of aryl methyl sites for hydroxylation is 1. The standard InChI is InChI=1S/C14H15N3OS/c1-9-8-10(6-7-11(9)15-4)17-12(18)14(2,3)16(5)13(17)19/h6-8H,1-3,5H3. The summed E-state index contributed by atoms with van der Waals surface area (Å²) in [5, 5.41) is 0.491. The number of hydrogen-bond acceptors (Lipinski definition) is 2. The molecule has 1 fully saturated rings. The molecule has 0 atom stereocenters. The van der Waals surface area contributed by atoms with Gasteiger partial charge in [-0.3, -0.25) is 9.69 Å². The SMILES string of the molecule is [C-]#[N+]c1ccc(N2C(=O)C(C)(C)N(C)C2=S)cc1C. The van der Waals surface area contributed by atoms with Gasteiger partial charge in [-0.1, -0.05) is 6.07 Å². The van der Waals surface area contributed by atoms with Gasteiger partial charge in [-0.2, -0.15) is 0 Å². The molecule has 2 rings (SSSR count). The number of rotatable bonds is 1. The topological polar surface area (TPSA) is 27.9 Å². The molecule has 0 radical (unpaired) electrons. The number of carbonyl (C=O) groups excluding carboxylic acids is 1. The van der Waals surface area contributed by atoms with Crippen LogP contribution in [-0.2, 0) is 4.79 Å². The highest BCUT2D eigenvalue weighted by Crippen LogP contribution is 2.33. The van der Waals surface area contributed by atoms with E-state index in [-0.39, 0.29) is 5.91 Å². The van der Waals surface area contributed by atoms with Gasteiger partial charge in [0.15, 0.2) is 10.8 Å². The van der Waals surface area contributed by atoms with Gasteiger partial charge in [0.1, 0.15) is 5.54 Å². The van der Waals surface area contributed by atoms with E-state index in [2.05, 4.69) is 4.85 Å². The van der Waals surface area contributed by atoms with Crippen molar-refractivity contribution in [3.63, 3.8) is 0 Å². The second-order valence-corrected chi connectivity index (χ2v) is 5.49. The quantitative estimate of drug-likeness (QED) is 0.582. The molecular formula is C14H15N3OS. The van der Waals surface area contributed by atoms with Crippen molar-refractivity contribution in [1.29, 1.82) is 0 Å². The second-order valence-electron chi connectivity index (χ2n) is 5.12. The van der Waals surface area contributed by atoms with E-state index in [9.17, 15) is 4.79 Å². The molecule has 1 aliphatic heterocycles. The molecule has 4 nitrogen and oxygen atoms in total. The number of anilines is 1. The Kier molecular flexibility index (Phi) is 3.07. The van der Waals surface area contributed by atoms with Gasteiger partial charge in [0.05, 0.1) is 6.57 Å². The van der Waals surface area contributed by atoms with Crippen molar-refractivity contribution in [3.05, 3.63) is 35.2 Å². The summed E-state index contributed by atoms with van der Waals surface area (Å²) in [5.41, 5.74) is 1.52. The Hall–Kier alpha value is -1.93. The lowest BCUT2D eigenvalue weighted by Gasteiger charge is -2.24. The maximum Gasteiger partial charge on any atom is 0.258 e. The largest absolute Gasteiger partial charge is 0.337 e. The molecular weight excluding hydrogens is 258 g/mol. The third kappa shape index (κ3) is 1.89. The van der Waals surface area contributed by atoms with E-state index in [0.717, 1.165) is 11.3 Å². The average Bonchev–Trinajstić information content (AvgIpc) is 2.51. The molecule has 0 saturated carbocycles. The number of amides is 1. The van der Waals surface area contributed by atoms with Crippen molar-refractivity contribution in [2.24, 2.45) is 0 Å². The lowest BCUT2D eigenvalue weighted by Crippen LogP contribution is -2.41. The third-order valence-electron chi connectivity index (χ3n) is 3.60. The third-order valence-corrected chi connectivity index (χ3v) is 4.06. The highest BCUT2D eigenvalue weighted by molar-refractivity contribution is 7.80. The number of nitrogens with zero attached hydrogens (tertiary/aromatic N) is 3. The van der Waals surface area contributed by atoms with Crippen molar-refractivity contribution in [2.75, 3.05) is 11.9 Å². The Morgan fingerprint density at radius 1 is 1.37 bits per heavy atom. The Morgan fingerprint density at radius 3 is 2.42 bits per heavy atom. The normalized spacial score (nSPS) is 17.8. The second kappa shape index (κ2) is 4.32. The fourth-order valence-electron chi connectivity index (χ4n) is 2.02. The van der Waals surface area contributed by atoms with Crippen LogP contribution in [0.5, 0.6) is 0 Å². The molecule has 0 spiro atoms. The lowest BCUT2D eigenvalue weighted by atomic mass is 10.0. The van der Waals surface area contributed by atoms with Crippen LogP contribution in [0.25, 0.3) is 4.85 Å². The van der Waals surface area contributed by atoms with Crippen molar-refractivity contribution >= 4 is 34.6 Å². The molecule has 1 heterocycles. The fraction of sp³-hybridized carbons (Fsp3) is 0.357. The van der Waals surface area contributed by atoms with Crippen LogP contribution in [0.2, 0.25) is 0 Å². The van der Waals surface area contributed by atoms with Crippen molar-refractivity contribution in [1.82, 2.24) is 4.90 Å². The molecule has 0 aliphatic carbocycles. The van der Waals surface area contributed by atoms with E-state index in [1.54, 1.807) is 17.0 Å². The fourth-order valence-corrected chi connectivity index (χ4v) is 2.44. The lowest BCUT2D eigenvalue weighted by molar-refractivity contribution is -0.123. The van der Waals surface area contributed by atoms with Crippen LogP contribution in [0.1, 0.15) is 19.4 Å². The number of hydrogen-bond donors (Lipinski definition) is 0. The minimum absolute atomic E-state index is 0.0463. The monoisotopic (exact) mass is 273 g/mol. The van der Waals surface area contributed by atoms with Gasteiger partial charge in [0.2, 0.25) is 0 Å². The van der Waals surface area contributed by atoms with E-state index in [4.69, 9.17) is 18.8 Å². The molecule has 1 saturated heterocycles. The smallest absolute Gasteiger partial charge is 0.258 e. The van der Waals surface area contributed by atoms with Gasteiger partial charge >= 0.3 is 0 Å². The van der Waals surface area contributed by atoms with Gasteiger partial charge in [0.25, 0.3) is 5.91 Å². The van der Waals surface area contributed by atoms with E-state index in [1.165, 1.54) is 4.90 Å². The van der Waals surface area contributed by atoms with Gasteiger partial charge in [-0.25, -0.2) is 4.85 Å². The first kappa shape index (κ1) is 13.5. The molecule has 0 N–H and O–H groups in total. The minimum Gasteiger partial charge on any atom is -0.337 e. The summed E-state index contributed by atoms with van der Waals surface area (Å²) in [5.74, 6) is -0.0463. The average molecular weight is 273 g/mol. The molecule has 1 amide bonds. The van der Waals surface area contributed by atoms with E-state index >= 15 is 0 Å². The molecule has 1 aliphatic rings. The predicted molar refractivity (Wildman–Crippen MR) is 79.4 cm³/mol. The number of thiocarbonyl (C=S) groups is 1. The molecule has 0 bridgehead atoms. The first-order valence-corrected chi connectivity index (χ1v) is 6.32. The Bertz CT molecular complexity index is 616. The van der Waals surface area contributed by atoms with E-state index in [1.807, 2.05) is 33.9 Å². The Morgan fingerprint density at radius 2 is 2.00 bits per heavy atom. The molecule has 0 unspecified atom stereocenters. The summed E-state index contributed by atoms with van der Waals surface area (Å²) in [4.78, 5) is 19.2. The predicted octanol–water partition coefficient (Wildman–Crippen LogP) is 2.89. The first-order chi connectivity index (χ1) is 8.80. The van der Waals surface area contributed by atoms with Crippen LogP contribution in [0, 0.1) is 13.5 Å². The zero-order chi connectivity index (χ0) is 14.4. The summed E-state index contributed by atoms with van der Waals surface area (Å²) >= 11 is 5.35. The van der Waals surface area contributed by atoms with E-state index in [0.29, 0.717) is 10.8 Å². The van der Waals surface area contributed by atoms with Crippen LogP contribution in [0.15, 0.2) is 18.2 Å². The molecule has 19 heavy (non-hydrogen) atoms. The number of likely N-dealkylation sites (N-methyl/N-ethyl adjacent to an activating group) is 1. The van der Waals surface area contributed by atoms with Gasteiger partial charge in [-0.05, 0) is 50.7 Å².